The number of nitrogens with one attached hydrogen (secondary N) is 2. The van der Waals surface area contributed by atoms with Crippen LogP contribution in [0.2, 0.25) is 0 Å². The number of piperazine rings is 1. The molecule has 170 valence electrons. The molecule has 1 saturated carbocycles. The number of aryl methyl sites for hydroxylation is 1. The van der Waals surface area contributed by atoms with E-state index in [0.717, 1.165) is 78.7 Å². The molecule has 1 aliphatic heterocycles. The average Bonchev–Trinajstić information content (AvgIpc) is 3.30. The maximum absolute atomic E-state index is 12.5. The molecule has 0 radical (unpaired) electrons. The van der Waals surface area contributed by atoms with E-state index in [9.17, 15) is 9.59 Å². The largest absolute Gasteiger partial charge is 0.364 e. The lowest BCUT2D eigenvalue weighted by molar-refractivity contribution is 0.0658. The molecule has 3 aromatic heterocycles. The summed E-state index contributed by atoms with van der Waals surface area (Å²) in [6.07, 6.45) is 9.00. The number of H-pyrrole nitrogens is 1. The molecule has 1 amide bonds. The third-order valence-corrected chi connectivity index (χ3v) is 7.59. The number of amides is 1. The van der Waals surface area contributed by atoms with Gasteiger partial charge in [-0.15, -0.1) is 0 Å². The number of anilines is 1. The fourth-order valence-electron chi connectivity index (χ4n) is 5.78. The molecule has 8 nitrogen and oxygen atoms in total. The van der Waals surface area contributed by atoms with E-state index in [1.165, 1.54) is 6.42 Å². The van der Waals surface area contributed by atoms with Gasteiger partial charge in [0.15, 0.2) is 0 Å². The van der Waals surface area contributed by atoms with Crippen molar-refractivity contribution in [3.63, 3.8) is 0 Å². The Morgan fingerprint density at radius 1 is 1.12 bits per heavy atom. The van der Waals surface area contributed by atoms with Gasteiger partial charge in [-0.05, 0) is 61.4 Å². The summed E-state index contributed by atoms with van der Waals surface area (Å²) in [6.45, 7) is 2.72. The highest BCUT2D eigenvalue weighted by Crippen LogP contribution is 2.37. The van der Waals surface area contributed by atoms with Crippen molar-refractivity contribution < 1.29 is 4.79 Å². The molecule has 6 rings (SSSR count). The van der Waals surface area contributed by atoms with Crippen LogP contribution in [0.5, 0.6) is 0 Å². The van der Waals surface area contributed by atoms with Crippen molar-refractivity contribution >= 4 is 22.6 Å². The van der Waals surface area contributed by atoms with Crippen LogP contribution in [0.15, 0.2) is 35.4 Å². The Labute approximate surface area is 192 Å². The topological polar surface area (TPSA) is 94.2 Å². The molecular weight excluding hydrogens is 416 g/mol. The Kier molecular flexibility index (Phi) is 4.90. The molecule has 3 aromatic rings. The smallest absolute Gasteiger partial charge is 0.269 e. The van der Waals surface area contributed by atoms with E-state index in [1.54, 1.807) is 13.1 Å². The standard InChI is InChI=1S/C25H28N6O2/c1-26-25(33)19-6-5-16(13-27-19)31-10-9-30(21-7-8-22(21)31)14-15-11-20-23(28-12-15)17-3-2-4-18(17)24(32)29-20/h5-6,11-13,21-22H,2-4,7-10,14H2,1H3,(H,26,33)(H,29,32)/t21-,22+/m0/s1. The van der Waals surface area contributed by atoms with E-state index in [4.69, 9.17) is 4.98 Å². The number of pyridine rings is 3. The zero-order valence-electron chi connectivity index (χ0n) is 18.8. The number of fused-ring (bicyclic) bond motifs is 4. The number of aromatic amines is 1. The van der Waals surface area contributed by atoms with Crippen LogP contribution in [-0.2, 0) is 19.4 Å². The van der Waals surface area contributed by atoms with Gasteiger partial charge in [0.1, 0.15) is 5.69 Å². The monoisotopic (exact) mass is 444 g/mol. The quantitative estimate of drug-likeness (QED) is 0.640. The van der Waals surface area contributed by atoms with E-state index in [2.05, 4.69) is 31.2 Å². The van der Waals surface area contributed by atoms with Gasteiger partial charge in [-0.1, -0.05) is 0 Å². The van der Waals surface area contributed by atoms with Gasteiger partial charge in [0.05, 0.1) is 22.9 Å². The highest BCUT2D eigenvalue weighted by molar-refractivity contribution is 5.92. The number of carbonyl (C=O) groups excluding carboxylic acids is 1. The molecule has 2 fully saturated rings. The number of aromatic nitrogens is 3. The molecule has 1 saturated heterocycles. The first-order valence-corrected chi connectivity index (χ1v) is 11.8. The summed E-state index contributed by atoms with van der Waals surface area (Å²) in [5, 5.41) is 2.62. The van der Waals surface area contributed by atoms with Gasteiger partial charge in [0.2, 0.25) is 0 Å². The molecule has 2 N–H and O–H groups in total. The summed E-state index contributed by atoms with van der Waals surface area (Å²) in [5.74, 6) is -0.164. The lowest BCUT2D eigenvalue weighted by Crippen LogP contribution is -2.64. The van der Waals surface area contributed by atoms with E-state index >= 15 is 0 Å². The van der Waals surface area contributed by atoms with Gasteiger partial charge in [0.25, 0.3) is 11.5 Å². The Morgan fingerprint density at radius 3 is 2.73 bits per heavy atom. The molecule has 33 heavy (non-hydrogen) atoms. The van der Waals surface area contributed by atoms with Gasteiger partial charge in [-0.25, -0.2) is 4.98 Å². The minimum Gasteiger partial charge on any atom is -0.364 e. The van der Waals surface area contributed by atoms with Crippen LogP contribution in [0.1, 0.15) is 46.4 Å². The summed E-state index contributed by atoms with van der Waals surface area (Å²) in [7, 11) is 1.62. The minimum atomic E-state index is -0.164. The lowest BCUT2D eigenvalue weighted by atomic mass is 9.81. The summed E-state index contributed by atoms with van der Waals surface area (Å²) in [5.41, 5.74) is 6.62. The predicted molar refractivity (Wildman–Crippen MR) is 127 cm³/mol. The van der Waals surface area contributed by atoms with Gasteiger partial charge in [-0.3, -0.25) is 19.5 Å². The van der Waals surface area contributed by atoms with E-state index in [-0.39, 0.29) is 11.5 Å². The maximum atomic E-state index is 12.5. The summed E-state index contributed by atoms with van der Waals surface area (Å²) < 4.78 is 0. The molecule has 3 aliphatic rings. The van der Waals surface area contributed by atoms with Crippen molar-refractivity contribution in [1.29, 1.82) is 0 Å². The van der Waals surface area contributed by atoms with Crippen LogP contribution in [0.25, 0.3) is 11.0 Å². The second-order valence-corrected chi connectivity index (χ2v) is 9.36. The third kappa shape index (κ3) is 3.40. The molecule has 2 atom stereocenters. The first-order valence-electron chi connectivity index (χ1n) is 11.8. The highest BCUT2D eigenvalue weighted by Gasteiger charge is 2.43. The number of carbonyl (C=O) groups is 1. The van der Waals surface area contributed by atoms with Crippen molar-refractivity contribution in [3.8, 4) is 0 Å². The maximum Gasteiger partial charge on any atom is 0.269 e. The van der Waals surface area contributed by atoms with Crippen molar-refractivity contribution in [1.82, 2.24) is 25.2 Å². The van der Waals surface area contributed by atoms with Crippen molar-refractivity contribution in [2.24, 2.45) is 0 Å². The summed E-state index contributed by atoms with van der Waals surface area (Å²) in [6, 6.07) is 6.87. The van der Waals surface area contributed by atoms with Crippen LogP contribution in [0.4, 0.5) is 5.69 Å². The van der Waals surface area contributed by atoms with Gasteiger partial charge in [0, 0.05) is 50.5 Å². The lowest BCUT2D eigenvalue weighted by Gasteiger charge is -2.54. The Morgan fingerprint density at radius 2 is 1.97 bits per heavy atom. The fourth-order valence-corrected chi connectivity index (χ4v) is 5.78. The van der Waals surface area contributed by atoms with Gasteiger partial charge < -0.3 is 15.2 Å². The van der Waals surface area contributed by atoms with Gasteiger partial charge >= 0.3 is 0 Å². The molecule has 0 spiro atoms. The molecule has 2 aliphatic carbocycles. The van der Waals surface area contributed by atoms with Crippen LogP contribution in [-0.4, -0.2) is 58.0 Å². The second kappa shape index (κ2) is 7.95. The van der Waals surface area contributed by atoms with Crippen LogP contribution in [0, 0.1) is 0 Å². The third-order valence-electron chi connectivity index (χ3n) is 7.59. The minimum absolute atomic E-state index is 0.0534. The fraction of sp³-hybridized carbons (Fsp3) is 0.440. The number of nitrogens with zero attached hydrogens (tertiary/aromatic N) is 4. The predicted octanol–water partition coefficient (Wildman–Crippen LogP) is 2.02. The first kappa shape index (κ1) is 20.4. The van der Waals surface area contributed by atoms with E-state index in [0.29, 0.717) is 17.8 Å². The van der Waals surface area contributed by atoms with Crippen LogP contribution in [0.3, 0.4) is 0 Å². The van der Waals surface area contributed by atoms with E-state index in [1.807, 2.05) is 18.5 Å². The molecule has 8 heteroatoms. The van der Waals surface area contributed by atoms with Crippen molar-refractivity contribution in [2.75, 3.05) is 25.0 Å². The molecule has 4 heterocycles. The first-order chi connectivity index (χ1) is 16.1. The molecule has 0 aromatic carbocycles. The second-order valence-electron chi connectivity index (χ2n) is 9.36. The van der Waals surface area contributed by atoms with Crippen LogP contribution >= 0.6 is 0 Å². The summed E-state index contributed by atoms with van der Waals surface area (Å²) >= 11 is 0. The van der Waals surface area contributed by atoms with Crippen LogP contribution < -0.4 is 15.8 Å². The number of hydrogen-bond acceptors (Lipinski definition) is 6. The zero-order chi connectivity index (χ0) is 22.5. The molecule has 0 unspecified atom stereocenters. The molecule has 0 bridgehead atoms. The average molecular weight is 445 g/mol. The summed E-state index contributed by atoms with van der Waals surface area (Å²) in [4.78, 5) is 41.4. The van der Waals surface area contributed by atoms with Crippen molar-refractivity contribution in [2.45, 2.75) is 50.7 Å². The Balaban J connectivity index is 1.19. The number of hydrogen-bond donors (Lipinski definition) is 2. The Hall–Kier alpha value is -3.26. The zero-order valence-corrected chi connectivity index (χ0v) is 18.8. The Bertz CT molecular complexity index is 1280. The van der Waals surface area contributed by atoms with Gasteiger partial charge in [-0.2, -0.15) is 0 Å². The normalized spacial score (nSPS) is 22.0. The molecular formula is C25H28N6O2. The SMILES string of the molecule is CNC(=O)c1ccc(N2CCN(Cc3cnc4c5c(c(=O)[nH]c4c3)CCC5)[C@H]3CC[C@H]32)cn1. The van der Waals surface area contributed by atoms with E-state index < -0.39 is 0 Å². The number of rotatable bonds is 4. The highest BCUT2D eigenvalue weighted by atomic mass is 16.1. The van der Waals surface area contributed by atoms with Crippen molar-refractivity contribution in [3.05, 3.63) is 63.3 Å².